The van der Waals surface area contributed by atoms with Gasteiger partial charge in [0.15, 0.2) is 0 Å². The minimum Gasteiger partial charge on any atom is -0.396 e. The van der Waals surface area contributed by atoms with Crippen molar-refractivity contribution in [2.45, 2.75) is 91.4 Å². The fourth-order valence-corrected chi connectivity index (χ4v) is 1.60. The maximum atomic E-state index is 8.57. The van der Waals surface area contributed by atoms with Gasteiger partial charge in [-0.3, -0.25) is 0 Å². The Labute approximate surface area is 104 Å². The molecule has 0 heterocycles. The lowest BCUT2D eigenvalue weighted by molar-refractivity contribution is 0.282. The summed E-state index contributed by atoms with van der Waals surface area (Å²) in [7, 11) is 0. The quantitative estimate of drug-likeness (QED) is 0.504. The molecule has 0 aromatic heterocycles. The predicted molar refractivity (Wildman–Crippen MR) is 74.9 cm³/mol. The Morgan fingerprint density at radius 1 is 0.562 bits per heavy atom. The molecule has 0 unspecified atom stereocenters. The van der Waals surface area contributed by atoms with E-state index in [4.69, 9.17) is 5.11 Å². The van der Waals surface area contributed by atoms with Crippen LogP contribution in [-0.2, 0) is 0 Å². The van der Waals surface area contributed by atoms with Gasteiger partial charge in [-0.2, -0.15) is 0 Å². The van der Waals surface area contributed by atoms with Crippen LogP contribution < -0.4 is 0 Å². The Kier molecular flexibility index (Phi) is 23.3. The minimum absolute atomic E-state index is 0.372. The third-order valence-corrected chi connectivity index (χ3v) is 2.51. The summed E-state index contributed by atoms with van der Waals surface area (Å²) >= 11 is 0. The molecule has 0 aliphatic carbocycles. The molecule has 1 heteroatoms. The number of aliphatic hydroxyl groups is 1. The monoisotopic (exact) mass is 230 g/mol. The van der Waals surface area contributed by atoms with Crippen LogP contribution in [0.25, 0.3) is 0 Å². The zero-order valence-corrected chi connectivity index (χ0v) is 11.9. The lowest BCUT2D eigenvalue weighted by atomic mass is 10.1. The predicted octanol–water partition coefficient (Wildman–Crippen LogP) is 5.32. The molecule has 0 amide bonds. The third-order valence-electron chi connectivity index (χ3n) is 2.51. The summed E-state index contributed by atoms with van der Waals surface area (Å²) in [5.74, 6) is 0. The van der Waals surface area contributed by atoms with Crippen molar-refractivity contribution in [2.24, 2.45) is 0 Å². The average Bonchev–Trinajstić information content (AvgIpc) is 2.28. The van der Waals surface area contributed by atoms with Crippen molar-refractivity contribution in [3.05, 3.63) is 0 Å². The lowest BCUT2D eigenvalue weighted by Crippen LogP contribution is -1.84. The molecule has 0 atom stereocenters. The van der Waals surface area contributed by atoms with Gasteiger partial charge in [-0.25, -0.2) is 0 Å². The van der Waals surface area contributed by atoms with Crippen molar-refractivity contribution in [2.75, 3.05) is 6.61 Å². The minimum atomic E-state index is 0.372. The van der Waals surface area contributed by atoms with Gasteiger partial charge in [0.25, 0.3) is 0 Å². The first kappa shape index (κ1) is 18.3. The van der Waals surface area contributed by atoms with Crippen LogP contribution in [0.15, 0.2) is 0 Å². The summed E-state index contributed by atoms with van der Waals surface area (Å²) in [6, 6.07) is 0. The molecule has 0 aliphatic rings. The molecule has 0 aromatic rings. The van der Waals surface area contributed by atoms with E-state index in [9.17, 15) is 0 Å². The summed E-state index contributed by atoms with van der Waals surface area (Å²) in [5.41, 5.74) is 0. The molecule has 16 heavy (non-hydrogen) atoms. The van der Waals surface area contributed by atoms with E-state index >= 15 is 0 Å². The second kappa shape index (κ2) is 20.4. The van der Waals surface area contributed by atoms with Gasteiger partial charge in [0.2, 0.25) is 0 Å². The summed E-state index contributed by atoms with van der Waals surface area (Å²) in [5, 5.41) is 8.57. The molecule has 0 rings (SSSR count). The largest absolute Gasteiger partial charge is 0.396 e. The van der Waals surface area contributed by atoms with Crippen LogP contribution in [0.4, 0.5) is 0 Å². The highest BCUT2D eigenvalue weighted by atomic mass is 16.2. The molecule has 0 aliphatic heterocycles. The molecule has 100 valence electrons. The molecule has 0 bridgehead atoms. The van der Waals surface area contributed by atoms with Gasteiger partial charge in [0, 0.05) is 6.61 Å². The molecular weight excluding hydrogens is 196 g/mol. The Morgan fingerprint density at radius 3 is 1.19 bits per heavy atom. The molecule has 1 N–H and O–H groups in total. The van der Waals surface area contributed by atoms with Crippen LogP contribution in [0.3, 0.4) is 0 Å². The SMILES string of the molecule is CCC.CCCCCCCCCCCCO. The van der Waals surface area contributed by atoms with Gasteiger partial charge in [-0.1, -0.05) is 85.0 Å². The summed E-state index contributed by atoms with van der Waals surface area (Å²) in [6.07, 6.45) is 14.6. The number of unbranched alkanes of at least 4 members (excludes halogenated alkanes) is 9. The van der Waals surface area contributed by atoms with Gasteiger partial charge in [-0.05, 0) is 6.42 Å². The van der Waals surface area contributed by atoms with E-state index in [1.807, 2.05) is 0 Å². The molecule has 0 fully saturated rings. The average molecular weight is 230 g/mol. The third kappa shape index (κ3) is 23.6. The van der Waals surface area contributed by atoms with E-state index in [0.717, 1.165) is 6.42 Å². The smallest absolute Gasteiger partial charge is 0.0431 e. The van der Waals surface area contributed by atoms with Crippen molar-refractivity contribution in [3.8, 4) is 0 Å². The highest BCUT2D eigenvalue weighted by Gasteiger charge is 1.91. The molecular formula is C15H34O. The van der Waals surface area contributed by atoms with E-state index in [2.05, 4.69) is 20.8 Å². The van der Waals surface area contributed by atoms with Gasteiger partial charge < -0.3 is 5.11 Å². The van der Waals surface area contributed by atoms with Gasteiger partial charge >= 0.3 is 0 Å². The fraction of sp³-hybridized carbons (Fsp3) is 1.00. The summed E-state index contributed by atoms with van der Waals surface area (Å²) in [6.45, 7) is 6.88. The topological polar surface area (TPSA) is 20.2 Å². The number of aliphatic hydroxyl groups excluding tert-OH is 1. The van der Waals surface area contributed by atoms with E-state index in [-0.39, 0.29) is 0 Å². The number of rotatable bonds is 10. The van der Waals surface area contributed by atoms with Crippen LogP contribution in [0.2, 0.25) is 0 Å². The Bertz CT molecular complexity index is 81.4. The van der Waals surface area contributed by atoms with Crippen molar-refractivity contribution in [1.82, 2.24) is 0 Å². The van der Waals surface area contributed by atoms with E-state index < -0.39 is 0 Å². The number of hydrogen-bond donors (Lipinski definition) is 1. The van der Waals surface area contributed by atoms with Crippen molar-refractivity contribution < 1.29 is 5.11 Å². The fourth-order valence-electron chi connectivity index (χ4n) is 1.60. The van der Waals surface area contributed by atoms with Crippen molar-refractivity contribution in [3.63, 3.8) is 0 Å². The zero-order valence-electron chi connectivity index (χ0n) is 11.9. The molecule has 0 radical (unpaired) electrons. The zero-order chi connectivity index (χ0) is 12.5. The first-order valence-corrected chi connectivity index (χ1v) is 7.44. The Hall–Kier alpha value is -0.0400. The van der Waals surface area contributed by atoms with E-state index in [1.54, 1.807) is 0 Å². The van der Waals surface area contributed by atoms with E-state index in [0.29, 0.717) is 6.61 Å². The molecule has 1 nitrogen and oxygen atoms in total. The van der Waals surface area contributed by atoms with Gasteiger partial charge in [-0.15, -0.1) is 0 Å². The van der Waals surface area contributed by atoms with Crippen molar-refractivity contribution in [1.29, 1.82) is 0 Å². The first-order valence-electron chi connectivity index (χ1n) is 7.44. The van der Waals surface area contributed by atoms with Gasteiger partial charge in [0.1, 0.15) is 0 Å². The second-order valence-corrected chi connectivity index (χ2v) is 4.61. The molecule has 0 spiro atoms. The van der Waals surface area contributed by atoms with Crippen LogP contribution >= 0.6 is 0 Å². The highest BCUT2D eigenvalue weighted by molar-refractivity contribution is 4.46. The standard InChI is InChI=1S/C12H26O.C3H8/c1-2-3-4-5-6-7-8-9-10-11-12-13;1-3-2/h13H,2-12H2,1H3;3H2,1-2H3. The number of hydrogen-bond acceptors (Lipinski definition) is 1. The van der Waals surface area contributed by atoms with Crippen LogP contribution in [-0.4, -0.2) is 11.7 Å². The molecule has 0 aromatic carbocycles. The van der Waals surface area contributed by atoms with Crippen LogP contribution in [0, 0.1) is 0 Å². The normalized spacial score (nSPS) is 9.75. The van der Waals surface area contributed by atoms with Gasteiger partial charge in [0.05, 0.1) is 0 Å². The Balaban J connectivity index is 0. The first-order chi connectivity index (χ1) is 7.83. The molecule has 0 saturated carbocycles. The Morgan fingerprint density at radius 2 is 0.875 bits per heavy atom. The van der Waals surface area contributed by atoms with Crippen molar-refractivity contribution >= 4 is 0 Å². The second-order valence-electron chi connectivity index (χ2n) is 4.61. The van der Waals surface area contributed by atoms with E-state index in [1.165, 1.54) is 64.2 Å². The summed E-state index contributed by atoms with van der Waals surface area (Å²) < 4.78 is 0. The highest BCUT2D eigenvalue weighted by Crippen LogP contribution is 2.09. The summed E-state index contributed by atoms with van der Waals surface area (Å²) in [4.78, 5) is 0. The lowest BCUT2D eigenvalue weighted by Gasteiger charge is -2.00. The molecule has 0 saturated heterocycles. The van der Waals surface area contributed by atoms with Crippen LogP contribution in [0.1, 0.15) is 91.4 Å². The maximum absolute atomic E-state index is 8.57. The van der Waals surface area contributed by atoms with Crippen LogP contribution in [0.5, 0.6) is 0 Å². The maximum Gasteiger partial charge on any atom is 0.0431 e.